The van der Waals surface area contributed by atoms with Gasteiger partial charge in [0.1, 0.15) is 5.75 Å². The van der Waals surface area contributed by atoms with Crippen molar-refractivity contribution in [2.75, 3.05) is 18.1 Å². The zero-order valence-electron chi connectivity index (χ0n) is 19.5. The van der Waals surface area contributed by atoms with Gasteiger partial charge in [-0.05, 0) is 68.1 Å². The molecule has 4 rings (SSSR count). The van der Waals surface area contributed by atoms with Gasteiger partial charge in [-0.25, -0.2) is 9.97 Å². The Morgan fingerprint density at radius 2 is 1.94 bits per heavy atom. The summed E-state index contributed by atoms with van der Waals surface area (Å²) in [7, 11) is 0. The smallest absolute Gasteiger partial charge is 0.260 e. The van der Waals surface area contributed by atoms with Crippen LogP contribution in [0.4, 0.5) is 5.13 Å². The minimum Gasteiger partial charge on any atom is -0.494 e. The SMILES string of the molecule is CCCCOc1ccc(C(=O)N(CCCn2ccnc2)c2nc3c(C)c(C)ccc3s2)cc1. The predicted molar refractivity (Wildman–Crippen MR) is 134 cm³/mol. The number of aryl methyl sites for hydroxylation is 3. The van der Waals surface area contributed by atoms with Crippen LogP contribution in [0.1, 0.15) is 47.7 Å². The van der Waals surface area contributed by atoms with Crippen LogP contribution in [0.3, 0.4) is 0 Å². The summed E-state index contributed by atoms with van der Waals surface area (Å²) in [6.45, 7) is 8.36. The van der Waals surface area contributed by atoms with Crippen LogP contribution in [-0.2, 0) is 6.54 Å². The lowest BCUT2D eigenvalue weighted by molar-refractivity contribution is 0.0986. The number of hydrogen-bond donors (Lipinski definition) is 0. The fraction of sp³-hybridized carbons (Fsp3) is 0.346. The lowest BCUT2D eigenvalue weighted by Gasteiger charge is -2.20. The molecule has 172 valence electrons. The molecule has 0 unspecified atom stereocenters. The van der Waals surface area contributed by atoms with Crippen LogP contribution in [0, 0.1) is 13.8 Å². The highest BCUT2D eigenvalue weighted by Gasteiger charge is 2.22. The number of carbonyl (C=O) groups excluding carboxylic acids is 1. The summed E-state index contributed by atoms with van der Waals surface area (Å²) in [4.78, 5) is 24.4. The molecule has 0 N–H and O–H groups in total. The van der Waals surface area contributed by atoms with Crippen molar-refractivity contribution in [2.24, 2.45) is 0 Å². The number of benzene rings is 2. The minimum absolute atomic E-state index is 0.0471. The van der Waals surface area contributed by atoms with Gasteiger partial charge < -0.3 is 9.30 Å². The molecule has 0 saturated heterocycles. The Kier molecular flexibility index (Phi) is 7.40. The number of rotatable bonds is 10. The Hall–Kier alpha value is -3.19. The van der Waals surface area contributed by atoms with E-state index < -0.39 is 0 Å². The molecule has 1 amide bonds. The van der Waals surface area contributed by atoms with E-state index in [0.717, 1.165) is 52.5 Å². The second-order valence-electron chi connectivity index (χ2n) is 8.19. The second-order valence-corrected chi connectivity index (χ2v) is 9.20. The Balaban J connectivity index is 1.58. The van der Waals surface area contributed by atoms with Crippen molar-refractivity contribution >= 4 is 32.6 Å². The predicted octanol–water partition coefficient (Wildman–Crippen LogP) is 6.03. The van der Waals surface area contributed by atoms with E-state index in [9.17, 15) is 4.79 Å². The van der Waals surface area contributed by atoms with Crippen LogP contribution in [0.2, 0.25) is 0 Å². The topological polar surface area (TPSA) is 60.2 Å². The van der Waals surface area contributed by atoms with E-state index >= 15 is 0 Å². The van der Waals surface area contributed by atoms with Crippen molar-refractivity contribution in [3.8, 4) is 5.75 Å². The van der Waals surface area contributed by atoms with Crippen molar-refractivity contribution in [1.82, 2.24) is 14.5 Å². The molecule has 0 atom stereocenters. The van der Waals surface area contributed by atoms with Crippen molar-refractivity contribution in [1.29, 1.82) is 0 Å². The van der Waals surface area contributed by atoms with Crippen LogP contribution in [0.15, 0.2) is 55.1 Å². The molecule has 0 fully saturated rings. The first-order valence-corrected chi connectivity index (χ1v) is 12.3. The van der Waals surface area contributed by atoms with Gasteiger partial charge >= 0.3 is 0 Å². The van der Waals surface area contributed by atoms with Gasteiger partial charge in [0.2, 0.25) is 0 Å². The third-order valence-corrected chi connectivity index (χ3v) is 6.82. The van der Waals surface area contributed by atoms with Crippen LogP contribution in [0.5, 0.6) is 5.75 Å². The number of anilines is 1. The fourth-order valence-electron chi connectivity index (χ4n) is 3.63. The molecular weight excluding hydrogens is 432 g/mol. The Labute approximate surface area is 198 Å². The summed E-state index contributed by atoms with van der Waals surface area (Å²) in [5.41, 5.74) is 3.97. The number of hydrogen-bond acceptors (Lipinski definition) is 5. The van der Waals surface area contributed by atoms with E-state index in [2.05, 4.69) is 37.9 Å². The molecule has 0 aliphatic carbocycles. The number of aromatic nitrogens is 3. The maximum Gasteiger partial charge on any atom is 0.260 e. The minimum atomic E-state index is -0.0471. The van der Waals surface area contributed by atoms with Crippen LogP contribution < -0.4 is 9.64 Å². The number of unbranched alkanes of at least 4 members (excludes halogenated alkanes) is 1. The zero-order chi connectivity index (χ0) is 23.2. The molecule has 2 aromatic carbocycles. The van der Waals surface area contributed by atoms with Crippen molar-refractivity contribution in [2.45, 2.75) is 46.6 Å². The Morgan fingerprint density at radius 1 is 1.12 bits per heavy atom. The average Bonchev–Trinajstić information content (AvgIpc) is 3.50. The van der Waals surface area contributed by atoms with E-state index in [0.29, 0.717) is 18.7 Å². The summed E-state index contributed by atoms with van der Waals surface area (Å²) >= 11 is 1.57. The molecule has 2 aromatic heterocycles. The van der Waals surface area contributed by atoms with Gasteiger partial charge in [0.25, 0.3) is 5.91 Å². The largest absolute Gasteiger partial charge is 0.494 e. The quantitative estimate of drug-likeness (QED) is 0.270. The summed E-state index contributed by atoms with van der Waals surface area (Å²) in [5.74, 6) is 0.743. The summed E-state index contributed by atoms with van der Waals surface area (Å²) in [6, 6.07) is 11.6. The van der Waals surface area contributed by atoms with E-state index in [-0.39, 0.29) is 5.91 Å². The molecule has 0 saturated carbocycles. The van der Waals surface area contributed by atoms with Gasteiger partial charge in [-0.1, -0.05) is 30.7 Å². The molecule has 7 heteroatoms. The van der Waals surface area contributed by atoms with Gasteiger partial charge in [0.05, 0.1) is 23.2 Å². The molecule has 0 bridgehead atoms. The number of thiazole rings is 1. The number of nitrogens with zero attached hydrogens (tertiary/aromatic N) is 4. The third kappa shape index (κ3) is 5.42. The van der Waals surface area contributed by atoms with Gasteiger partial charge in [-0.2, -0.15) is 0 Å². The first-order chi connectivity index (χ1) is 16.1. The van der Waals surface area contributed by atoms with E-state index in [1.165, 1.54) is 5.56 Å². The molecule has 33 heavy (non-hydrogen) atoms. The molecule has 6 nitrogen and oxygen atoms in total. The highest BCUT2D eigenvalue weighted by atomic mass is 32.1. The summed E-state index contributed by atoms with van der Waals surface area (Å²) in [6.07, 6.45) is 8.41. The first kappa shape index (κ1) is 23.0. The Morgan fingerprint density at radius 3 is 2.67 bits per heavy atom. The molecule has 0 radical (unpaired) electrons. The van der Waals surface area contributed by atoms with Crippen LogP contribution in [-0.4, -0.2) is 33.6 Å². The van der Waals surface area contributed by atoms with Crippen LogP contribution >= 0.6 is 11.3 Å². The van der Waals surface area contributed by atoms with Gasteiger partial charge in [0.15, 0.2) is 5.13 Å². The molecule has 2 heterocycles. The van der Waals surface area contributed by atoms with Crippen molar-refractivity contribution in [3.63, 3.8) is 0 Å². The second kappa shape index (κ2) is 10.6. The van der Waals surface area contributed by atoms with Gasteiger partial charge in [0, 0.05) is 31.0 Å². The normalized spacial score (nSPS) is 11.1. The molecule has 4 aromatic rings. The van der Waals surface area contributed by atoms with Crippen molar-refractivity contribution in [3.05, 3.63) is 71.8 Å². The maximum absolute atomic E-state index is 13.6. The lowest BCUT2D eigenvalue weighted by Crippen LogP contribution is -2.32. The number of fused-ring (bicyclic) bond motifs is 1. The summed E-state index contributed by atoms with van der Waals surface area (Å²) < 4.78 is 8.88. The fourth-order valence-corrected chi connectivity index (χ4v) is 4.68. The first-order valence-electron chi connectivity index (χ1n) is 11.4. The van der Waals surface area contributed by atoms with Gasteiger partial charge in [-0.15, -0.1) is 0 Å². The highest BCUT2D eigenvalue weighted by Crippen LogP contribution is 2.33. The van der Waals surface area contributed by atoms with E-state index in [1.54, 1.807) is 23.9 Å². The highest BCUT2D eigenvalue weighted by molar-refractivity contribution is 7.22. The summed E-state index contributed by atoms with van der Waals surface area (Å²) in [5, 5.41) is 0.734. The number of amides is 1. The Bertz CT molecular complexity index is 1200. The monoisotopic (exact) mass is 462 g/mol. The van der Waals surface area contributed by atoms with E-state index in [4.69, 9.17) is 9.72 Å². The third-order valence-electron chi connectivity index (χ3n) is 5.77. The van der Waals surface area contributed by atoms with E-state index in [1.807, 2.05) is 39.9 Å². The van der Waals surface area contributed by atoms with Gasteiger partial charge in [-0.3, -0.25) is 9.69 Å². The van der Waals surface area contributed by atoms with Crippen LogP contribution in [0.25, 0.3) is 10.2 Å². The number of imidazole rings is 1. The zero-order valence-corrected chi connectivity index (χ0v) is 20.3. The van der Waals surface area contributed by atoms with Crippen molar-refractivity contribution < 1.29 is 9.53 Å². The standard InChI is InChI=1S/C26H30N4O2S/c1-4-5-17-32-22-10-8-21(9-11-22)25(31)30(15-6-14-29-16-13-27-18-29)26-28-24-20(3)19(2)7-12-23(24)33-26/h7-13,16,18H,4-6,14-15,17H2,1-3H3. The molecule has 0 aliphatic rings. The lowest BCUT2D eigenvalue weighted by atomic mass is 10.1. The number of ether oxygens (including phenoxy) is 1. The molecule has 0 spiro atoms. The molecule has 0 aliphatic heterocycles. The average molecular weight is 463 g/mol. The maximum atomic E-state index is 13.6. The number of carbonyl (C=O) groups is 1. The molecular formula is C26H30N4O2S.